The van der Waals surface area contributed by atoms with E-state index in [-0.39, 0.29) is 64.3 Å². The number of hydrogen-bond acceptors (Lipinski definition) is 16. The average Bonchev–Trinajstić information content (AvgIpc) is 3.54. The third kappa shape index (κ3) is 36.4. The van der Waals surface area contributed by atoms with Gasteiger partial charge in [0.25, 0.3) is 21.9 Å². The molecular formula is C39H63IN6O11S5. The molecule has 352 valence electrons. The van der Waals surface area contributed by atoms with Crippen LogP contribution < -0.4 is 10.6 Å². The van der Waals surface area contributed by atoms with Crippen molar-refractivity contribution in [3.63, 3.8) is 0 Å². The number of halogens is 1. The van der Waals surface area contributed by atoms with E-state index in [2.05, 4.69) is 43.2 Å². The molecule has 1 aliphatic heterocycles. The minimum absolute atomic E-state index is 0. The number of imide groups is 1. The second kappa shape index (κ2) is 40.7. The molecule has 0 saturated carbocycles. The van der Waals surface area contributed by atoms with Gasteiger partial charge in [0.05, 0.1) is 0 Å². The van der Waals surface area contributed by atoms with Crippen molar-refractivity contribution < 1.29 is 46.7 Å². The van der Waals surface area contributed by atoms with Crippen LogP contribution in [0, 0.1) is 17.0 Å². The smallest absolute Gasteiger partial charge is 0.275 e. The molecule has 1 aliphatic rings. The monoisotopic (exact) mass is 1080 g/mol. The molecule has 17 nitrogen and oxygen atoms in total. The fraction of sp³-hybridized carbons (Fsp3) is 0.538. The maximum Gasteiger partial charge on any atom is 0.275 e. The Morgan fingerprint density at radius 1 is 0.871 bits per heavy atom. The zero-order valence-corrected chi connectivity index (χ0v) is 40.7. The van der Waals surface area contributed by atoms with Gasteiger partial charge in [-0.2, -0.15) is 8.42 Å². The average molecular weight is 1080 g/mol. The highest BCUT2D eigenvalue weighted by Gasteiger charge is 2.29. The van der Waals surface area contributed by atoms with Crippen LogP contribution in [0.25, 0.3) is 0 Å². The Balaban J connectivity index is -0.000000360. The van der Waals surface area contributed by atoms with E-state index in [0.717, 1.165) is 50.6 Å². The van der Waals surface area contributed by atoms with E-state index in [4.69, 9.17) is 14.7 Å². The van der Waals surface area contributed by atoms with E-state index in [1.54, 1.807) is 48.0 Å². The molecular weight excluding hydrogens is 1020 g/mol. The summed E-state index contributed by atoms with van der Waals surface area (Å²) in [6.45, 7) is 5.59. The van der Waals surface area contributed by atoms with Gasteiger partial charge in [0.2, 0.25) is 11.8 Å². The number of ketones is 2. The van der Waals surface area contributed by atoms with Crippen molar-refractivity contribution in [1.82, 2.24) is 25.5 Å². The number of amides is 4. The lowest BCUT2D eigenvalue weighted by atomic mass is 10.2. The largest absolute Gasteiger partial charge is 0.359 e. The van der Waals surface area contributed by atoms with Crippen LogP contribution in [-0.4, -0.2) is 117 Å². The number of pyridine rings is 2. The lowest BCUT2D eigenvalue weighted by Crippen LogP contribution is -2.33. The molecule has 0 bridgehead atoms. The van der Waals surface area contributed by atoms with Gasteiger partial charge in [-0.15, -0.1) is 0 Å². The van der Waals surface area contributed by atoms with Crippen LogP contribution >= 0.6 is 65.8 Å². The van der Waals surface area contributed by atoms with Crippen LogP contribution in [-0.2, 0) is 38.9 Å². The molecule has 0 saturated heterocycles. The molecule has 23 heteroatoms. The fourth-order valence-electron chi connectivity index (χ4n) is 3.81. The maximum absolute atomic E-state index is 11.5. The maximum atomic E-state index is 11.5. The summed E-state index contributed by atoms with van der Waals surface area (Å²) in [4.78, 5) is 83.5. The Morgan fingerprint density at radius 2 is 1.42 bits per heavy atom. The van der Waals surface area contributed by atoms with Crippen molar-refractivity contribution in [2.45, 2.75) is 102 Å². The molecule has 0 radical (unpaired) electrons. The number of aromatic nitrogens is 2. The van der Waals surface area contributed by atoms with Crippen LogP contribution in [0.15, 0.2) is 64.9 Å². The second-order valence-electron chi connectivity index (χ2n) is 11.8. The predicted molar refractivity (Wildman–Crippen MR) is 263 cm³/mol. The lowest BCUT2D eigenvalue weighted by molar-refractivity contribution is -0.445. The van der Waals surface area contributed by atoms with Gasteiger partial charge in [0.1, 0.15) is 21.1 Å². The number of nitrogens with one attached hydrogen (secondary N) is 2. The number of rotatable bonds is 21. The van der Waals surface area contributed by atoms with E-state index in [1.807, 2.05) is 44.2 Å². The van der Waals surface area contributed by atoms with Gasteiger partial charge in [-0.3, -0.25) is 48.3 Å². The normalized spacial score (nSPS) is 11.5. The molecule has 3 heterocycles. The van der Waals surface area contributed by atoms with E-state index in [9.17, 15) is 37.2 Å². The van der Waals surface area contributed by atoms with Crippen molar-refractivity contribution >= 4 is 111 Å². The number of nitro groups is 1. The summed E-state index contributed by atoms with van der Waals surface area (Å²) in [5.41, 5.74) is 1.07. The molecule has 2 aromatic rings. The van der Waals surface area contributed by atoms with Crippen LogP contribution in [0.3, 0.4) is 0 Å². The van der Waals surface area contributed by atoms with Crippen LogP contribution in [0.4, 0.5) is 0 Å². The lowest BCUT2D eigenvalue weighted by Gasteiger charge is -2.12. The molecule has 1 atom stereocenters. The minimum Gasteiger partial charge on any atom is -0.359 e. The molecule has 0 aliphatic carbocycles. The minimum atomic E-state index is -4.31. The van der Waals surface area contributed by atoms with Gasteiger partial charge in [-0.25, -0.2) is 9.97 Å². The predicted octanol–water partition coefficient (Wildman–Crippen LogP) is 7.50. The molecule has 0 fully saturated rings. The molecule has 2 aromatic heterocycles. The molecule has 0 aromatic carbocycles. The fourth-order valence-corrected chi connectivity index (χ4v) is 9.17. The standard InChI is InChI=1S/C12H17NO4S3.C11H15NOS2.C8H10N2O3.C5H10INO.CH3NO2.2CH4/c1-3-10(14)11(20(15,16)17)6-7-18-19-12-5-4-9(2)8-13-12;1-2-10(13)6-5-9-14-15-11-7-3-4-8-12-11;1-9-6(11)4-5-10-7(12)2-3-8(10)13;1-7-5(8)3-2-4-6;1-2(3)4;;/h4-5,8,11H,3,6-7H2,1-2H3,(H,15,16,17);3-4,7-8H,2,5-6,9H2,1H3;2-3H,4-5H2,1H3,(H,9,11);2-4H2,1H3,(H,7,8);1H3;2*1H4. The van der Waals surface area contributed by atoms with Gasteiger partial charge in [0.15, 0.2) is 12.8 Å². The number of Topliss-reactive ketones (excluding diaryl/α,β-unsaturated/α-hetero) is 2. The molecule has 0 spiro atoms. The highest BCUT2D eigenvalue weighted by molar-refractivity contribution is 14.1. The number of hydrogen-bond donors (Lipinski definition) is 3. The third-order valence-electron chi connectivity index (χ3n) is 6.98. The summed E-state index contributed by atoms with van der Waals surface area (Å²) < 4.78 is 32.4. The van der Waals surface area contributed by atoms with E-state index >= 15 is 0 Å². The molecule has 62 heavy (non-hydrogen) atoms. The Morgan fingerprint density at radius 3 is 1.87 bits per heavy atom. The summed E-state index contributed by atoms with van der Waals surface area (Å²) in [6.07, 6.45) is 10.3. The Labute approximate surface area is 397 Å². The highest BCUT2D eigenvalue weighted by atomic mass is 127. The molecule has 4 amide bonds. The van der Waals surface area contributed by atoms with Crippen molar-refractivity contribution in [2.24, 2.45) is 0 Å². The van der Waals surface area contributed by atoms with Gasteiger partial charge < -0.3 is 10.6 Å². The van der Waals surface area contributed by atoms with Crippen molar-refractivity contribution in [3.05, 3.63) is 70.6 Å². The number of aryl methyl sites for hydroxylation is 1. The Kier molecular flexibility index (Phi) is 43.0. The topological polar surface area (TPSA) is 253 Å². The van der Waals surface area contributed by atoms with Crippen molar-refractivity contribution in [3.8, 4) is 0 Å². The Hall–Kier alpha value is -3.10. The number of carbonyl (C=O) groups is 6. The molecule has 3 N–H and O–H groups in total. The first kappa shape index (κ1) is 65.5. The molecule has 1 unspecified atom stereocenters. The summed E-state index contributed by atoms with van der Waals surface area (Å²) >= 11 is 2.26. The van der Waals surface area contributed by atoms with Gasteiger partial charge in [-0.1, -0.05) is 85.0 Å². The van der Waals surface area contributed by atoms with E-state index < -0.39 is 26.1 Å². The van der Waals surface area contributed by atoms with Gasteiger partial charge in [0, 0.05) is 98.1 Å². The van der Waals surface area contributed by atoms with Gasteiger partial charge >= 0.3 is 0 Å². The number of alkyl halides is 1. The van der Waals surface area contributed by atoms with Crippen molar-refractivity contribution in [1.29, 1.82) is 0 Å². The number of carbonyl (C=O) groups excluding carboxylic acids is 6. The van der Waals surface area contributed by atoms with Crippen LogP contribution in [0.2, 0.25) is 0 Å². The summed E-state index contributed by atoms with van der Waals surface area (Å²) in [7, 11) is 6.01. The summed E-state index contributed by atoms with van der Waals surface area (Å²) in [5, 5.41) is 14.3. The van der Waals surface area contributed by atoms with Crippen molar-refractivity contribution in [2.75, 3.05) is 43.6 Å². The second-order valence-corrected chi connectivity index (χ2v) is 19.3. The zero-order chi connectivity index (χ0) is 45.9. The summed E-state index contributed by atoms with van der Waals surface area (Å²) in [6, 6.07) is 9.71. The zero-order valence-electron chi connectivity index (χ0n) is 34.5. The number of nitrogens with zero attached hydrogens (tertiary/aromatic N) is 4. The first-order chi connectivity index (χ1) is 28.4. The third-order valence-corrected chi connectivity index (χ3v) is 13.6. The first-order valence-corrected chi connectivity index (χ1v) is 26.0. The first-order valence-electron chi connectivity index (χ1n) is 18.4. The van der Waals surface area contributed by atoms with E-state index in [1.165, 1.54) is 40.8 Å². The Bertz CT molecular complexity index is 1720. The van der Waals surface area contributed by atoms with Gasteiger partial charge in [-0.05, 0) is 71.5 Å². The summed E-state index contributed by atoms with van der Waals surface area (Å²) in [5.74, 6) is 0.602. The highest BCUT2D eigenvalue weighted by Crippen LogP contribution is 2.31. The molecule has 3 rings (SSSR count). The quantitative estimate of drug-likeness (QED) is 0.0160. The van der Waals surface area contributed by atoms with Crippen LogP contribution in [0.5, 0.6) is 0 Å². The van der Waals surface area contributed by atoms with Crippen LogP contribution in [0.1, 0.15) is 85.6 Å². The van der Waals surface area contributed by atoms with E-state index in [0.29, 0.717) is 30.8 Å². The SMILES string of the molecule is C.C.CCC(=O)C(CCSSc1ccc(C)cn1)S(=O)(=O)O.CCC(=O)CCCSSc1ccccn1.CNC(=O)CCCI.CNC(=O)CCN1C(=O)C=CC1=O.C[N+](=O)[O-].